The van der Waals surface area contributed by atoms with E-state index in [4.69, 9.17) is 9.47 Å². The van der Waals surface area contributed by atoms with Crippen molar-refractivity contribution >= 4 is 11.9 Å². The number of aromatic hydroxyl groups is 3. The number of hydrogen-bond donors (Lipinski definition) is 4. The van der Waals surface area contributed by atoms with Crippen LogP contribution in [0.5, 0.6) is 28.7 Å². The van der Waals surface area contributed by atoms with Crippen molar-refractivity contribution in [1.29, 1.82) is 0 Å². The number of ether oxygens (including phenoxy) is 2. The van der Waals surface area contributed by atoms with Gasteiger partial charge in [-0.25, -0.2) is 0 Å². The summed E-state index contributed by atoms with van der Waals surface area (Å²) in [5.41, 5.74) is 2.87. The number of phenolic OH excluding ortho intramolecular Hbond substituents is 3. The van der Waals surface area contributed by atoms with Crippen LogP contribution in [0, 0.1) is 0 Å². The predicted molar refractivity (Wildman–Crippen MR) is 141 cm³/mol. The number of fused-ring (bicyclic) bond motifs is 2. The number of carbonyl (C=O) groups is 1. The minimum atomic E-state index is -1.11. The van der Waals surface area contributed by atoms with Crippen molar-refractivity contribution in [3.8, 4) is 28.7 Å². The molecule has 0 saturated heterocycles. The standard InChI is InChI=1S/C30H34O7/c1-15(2)7-8-18-28-17(9-10-30(5,6)37-28)27(35)26-24(34)14-25(36-29(18)26)20-12-19(21(31)11-16(3)4)22(32)13-23(20)33/h7,9-13,21,25,31-33,35H,8,14H2,1-6H3. The molecule has 0 bridgehead atoms. The molecule has 0 saturated carbocycles. The van der Waals surface area contributed by atoms with Crippen LogP contribution < -0.4 is 9.47 Å². The molecule has 4 N–H and O–H groups in total. The van der Waals surface area contributed by atoms with Gasteiger partial charge >= 0.3 is 0 Å². The molecule has 2 unspecified atom stereocenters. The van der Waals surface area contributed by atoms with Crippen molar-refractivity contribution in [3.63, 3.8) is 0 Å². The normalized spacial score (nSPS) is 18.1. The third-order valence-electron chi connectivity index (χ3n) is 6.49. The summed E-state index contributed by atoms with van der Waals surface area (Å²) in [7, 11) is 0. The van der Waals surface area contributed by atoms with Crippen molar-refractivity contribution in [2.24, 2.45) is 0 Å². The molecular formula is C30H34O7. The molecule has 2 aliphatic rings. The molecule has 2 heterocycles. The van der Waals surface area contributed by atoms with Gasteiger partial charge in [0, 0.05) is 22.8 Å². The Bertz CT molecular complexity index is 1350. The van der Waals surface area contributed by atoms with E-state index in [0.29, 0.717) is 23.3 Å². The van der Waals surface area contributed by atoms with Gasteiger partial charge in [0.1, 0.15) is 52.1 Å². The SMILES string of the molecule is CC(C)=CCc1c2c(c(O)c3c1OC(c1cc(C(O)C=C(C)C)c(O)cc1O)CC3=O)C=CC(C)(C)O2. The first-order valence-corrected chi connectivity index (χ1v) is 12.3. The van der Waals surface area contributed by atoms with Crippen LogP contribution in [-0.2, 0) is 6.42 Å². The molecule has 0 fully saturated rings. The average molecular weight is 507 g/mol. The van der Waals surface area contributed by atoms with Gasteiger partial charge in [-0.15, -0.1) is 0 Å². The molecule has 2 aromatic carbocycles. The fraction of sp³-hybridized carbons (Fsp3) is 0.367. The molecule has 0 aliphatic carbocycles. The van der Waals surface area contributed by atoms with Gasteiger partial charge in [0.05, 0.1) is 12.0 Å². The number of hydrogen-bond acceptors (Lipinski definition) is 7. The van der Waals surface area contributed by atoms with E-state index in [0.717, 1.165) is 17.2 Å². The quantitative estimate of drug-likeness (QED) is 0.357. The summed E-state index contributed by atoms with van der Waals surface area (Å²) in [6.45, 7) is 11.4. The topological polar surface area (TPSA) is 116 Å². The van der Waals surface area contributed by atoms with Gasteiger partial charge in [0.25, 0.3) is 0 Å². The molecule has 2 aromatic rings. The second-order valence-corrected chi connectivity index (χ2v) is 10.7. The summed E-state index contributed by atoms with van der Waals surface area (Å²) in [5, 5.41) is 42.8. The van der Waals surface area contributed by atoms with E-state index in [2.05, 4.69) is 0 Å². The first-order chi connectivity index (χ1) is 17.3. The van der Waals surface area contributed by atoms with E-state index in [1.807, 2.05) is 53.7 Å². The number of Topliss-reactive ketones (excluding diaryl/α,β-unsaturated/α-hetero) is 1. The Hall–Kier alpha value is -3.71. The zero-order valence-corrected chi connectivity index (χ0v) is 22.0. The summed E-state index contributed by atoms with van der Waals surface area (Å²) in [6, 6.07) is 2.59. The molecular weight excluding hydrogens is 472 g/mol. The smallest absolute Gasteiger partial charge is 0.174 e. The van der Waals surface area contributed by atoms with Crippen molar-refractivity contribution < 1.29 is 34.7 Å². The maximum absolute atomic E-state index is 13.4. The molecule has 196 valence electrons. The highest BCUT2D eigenvalue weighted by Gasteiger charge is 2.39. The van der Waals surface area contributed by atoms with E-state index in [-0.39, 0.29) is 51.9 Å². The maximum Gasteiger partial charge on any atom is 0.174 e. The molecule has 7 heteroatoms. The van der Waals surface area contributed by atoms with Crippen molar-refractivity contribution in [3.05, 3.63) is 69.3 Å². The highest BCUT2D eigenvalue weighted by molar-refractivity contribution is 6.05. The Morgan fingerprint density at radius 3 is 2.43 bits per heavy atom. The molecule has 37 heavy (non-hydrogen) atoms. The number of benzene rings is 2. The van der Waals surface area contributed by atoms with Crippen LogP contribution in [0.3, 0.4) is 0 Å². The monoisotopic (exact) mass is 506 g/mol. The number of phenols is 3. The van der Waals surface area contributed by atoms with E-state index < -0.39 is 17.8 Å². The minimum absolute atomic E-state index is 0.0863. The van der Waals surface area contributed by atoms with Crippen molar-refractivity contribution in [2.45, 2.75) is 72.2 Å². The van der Waals surface area contributed by atoms with Crippen LogP contribution in [-0.4, -0.2) is 31.8 Å². The summed E-state index contributed by atoms with van der Waals surface area (Å²) >= 11 is 0. The Kier molecular flexibility index (Phi) is 6.86. The summed E-state index contributed by atoms with van der Waals surface area (Å²) < 4.78 is 12.6. The molecule has 0 aromatic heterocycles. The number of ketones is 1. The van der Waals surface area contributed by atoms with Gasteiger partial charge in [0.15, 0.2) is 5.78 Å². The fourth-order valence-electron chi connectivity index (χ4n) is 4.64. The van der Waals surface area contributed by atoms with Crippen LogP contribution >= 0.6 is 0 Å². The molecule has 0 radical (unpaired) electrons. The number of aliphatic hydroxyl groups excluding tert-OH is 1. The second-order valence-electron chi connectivity index (χ2n) is 10.7. The van der Waals surface area contributed by atoms with Gasteiger partial charge in [-0.3, -0.25) is 4.79 Å². The fourth-order valence-corrected chi connectivity index (χ4v) is 4.64. The lowest BCUT2D eigenvalue weighted by Crippen LogP contribution is -2.29. The Morgan fingerprint density at radius 1 is 1.08 bits per heavy atom. The molecule has 7 nitrogen and oxygen atoms in total. The second kappa shape index (κ2) is 9.63. The van der Waals surface area contributed by atoms with Crippen LogP contribution in [0.2, 0.25) is 0 Å². The first kappa shape index (κ1) is 26.4. The van der Waals surface area contributed by atoms with Crippen molar-refractivity contribution in [2.75, 3.05) is 0 Å². The molecule has 2 atom stereocenters. The largest absolute Gasteiger partial charge is 0.507 e. The third kappa shape index (κ3) is 5.09. The van der Waals surface area contributed by atoms with E-state index >= 15 is 0 Å². The zero-order valence-electron chi connectivity index (χ0n) is 22.0. The zero-order chi connectivity index (χ0) is 27.2. The summed E-state index contributed by atoms with van der Waals surface area (Å²) in [5.74, 6) is -0.422. The number of aliphatic hydroxyl groups is 1. The Labute approximate surface area is 217 Å². The van der Waals surface area contributed by atoms with Crippen molar-refractivity contribution in [1.82, 2.24) is 0 Å². The summed E-state index contributed by atoms with van der Waals surface area (Å²) in [4.78, 5) is 13.4. The van der Waals surface area contributed by atoms with Crippen LogP contribution in [0.1, 0.15) is 92.8 Å². The highest BCUT2D eigenvalue weighted by atomic mass is 16.5. The lowest BCUT2D eigenvalue weighted by molar-refractivity contribution is 0.0836. The van der Waals surface area contributed by atoms with Gasteiger partial charge in [-0.05, 0) is 66.2 Å². The lowest BCUT2D eigenvalue weighted by atomic mass is 9.87. The first-order valence-electron chi connectivity index (χ1n) is 12.3. The Morgan fingerprint density at radius 2 is 1.78 bits per heavy atom. The Balaban J connectivity index is 1.88. The summed E-state index contributed by atoms with van der Waals surface area (Å²) in [6.07, 6.45) is 5.41. The molecule has 0 spiro atoms. The van der Waals surface area contributed by atoms with Crippen LogP contribution in [0.15, 0.2) is 41.5 Å². The van der Waals surface area contributed by atoms with Gasteiger partial charge in [-0.1, -0.05) is 23.3 Å². The maximum atomic E-state index is 13.4. The van der Waals surface area contributed by atoms with Gasteiger partial charge < -0.3 is 29.9 Å². The van der Waals surface area contributed by atoms with Gasteiger partial charge in [-0.2, -0.15) is 0 Å². The number of rotatable bonds is 5. The minimum Gasteiger partial charge on any atom is -0.507 e. The average Bonchev–Trinajstić information content (AvgIpc) is 2.77. The van der Waals surface area contributed by atoms with Gasteiger partial charge in [0.2, 0.25) is 0 Å². The molecule has 0 amide bonds. The van der Waals surface area contributed by atoms with Crippen LogP contribution in [0.4, 0.5) is 0 Å². The third-order valence-corrected chi connectivity index (χ3v) is 6.49. The molecule has 4 rings (SSSR count). The lowest BCUT2D eigenvalue weighted by Gasteiger charge is -2.34. The predicted octanol–water partition coefficient (Wildman–Crippen LogP) is 6.20. The molecule has 2 aliphatic heterocycles. The van der Waals surface area contributed by atoms with Crippen LogP contribution in [0.25, 0.3) is 6.08 Å². The van der Waals surface area contributed by atoms with E-state index in [1.165, 1.54) is 6.07 Å². The number of allylic oxidation sites excluding steroid dienone is 3. The van der Waals surface area contributed by atoms with E-state index in [9.17, 15) is 25.2 Å². The highest BCUT2D eigenvalue weighted by Crippen LogP contribution is 2.52. The number of carbonyl (C=O) groups excluding carboxylic acids is 1. The van der Waals surface area contributed by atoms with E-state index in [1.54, 1.807) is 12.2 Å².